The maximum absolute atomic E-state index is 11.7. The molecule has 1 aromatic carbocycles. The van der Waals surface area contributed by atoms with E-state index in [4.69, 9.17) is 0 Å². The summed E-state index contributed by atoms with van der Waals surface area (Å²) in [6.07, 6.45) is 2.03. The highest BCUT2D eigenvalue weighted by molar-refractivity contribution is 7.98. The Bertz CT molecular complexity index is 459. The topological polar surface area (TPSA) is 49.4 Å². The lowest BCUT2D eigenvalue weighted by molar-refractivity contribution is -0.117. The minimum atomic E-state index is -0.163. The molecule has 0 spiro atoms. The van der Waals surface area contributed by atoms with Gasteiger partial charge in [-0.25, -0.2) is 4.79 Å². The summed E-state index contributed by atoms with van der Waals surface area (Å²) in [6.45, 7) is 2.23. The summed E-state index contributed by atoms with van der Waals surface area (Å²) in [5, 5.41) is 2.89. The van der Waals surface area contributed by atoms with Gasteiger partial charge in [0.1, 0.15) is 5.78 Å². The van der Waals surface area contributed by atoms with Crippen molar-refractivity contribution in [3.05, 3.63) is 29.8 Å². The van der Waals surface area contributed by atoms with Gasteiger partial charge in [-0.15, -0.1) is 11.8 Å². The summed E-state index contributed by atoms with van der Waals surface area (Å²) in [4.78, 5) is 25.5. The molecule has 1 atom stereocenters. The van der Waals surface area contributed by atoms with E-state index in [-0.39, 0.29) is 24.4 Å². The molecule has 96 valence electrons. The number of thioether (sulfide) groups is 1. The summed E-state index contributed by atoms with van der Waals surface area (Å²) in [5.41, 5.74) is 1.08. The number of Topliss-reactive ketones (excluding diaryl/α,β-unsaturated/α-hetero) is 1. The van der Waals surface area contributed by atoms with Crippen LogP contribution in [0.5, 0.6) is 0 Å². The van der Waals surface area contributed by atoms with E-state index in [2.05, 4.69) is 5.32 Å². The van der Waals surface area contributed by atoms with E-state index >= 15 is 0 Å². The molecule has 0 radical (unpaired) electrons. The third-order valence-corrected chi connectivity index (χ3v) is 3.66. The minimum Gasteiger partial charge on any atom is -0.329 e. The van der Waals surface area contributed by atoms with Crippen molar-refractivity contribution in [3.8, 4) is 0 Å². The number of carbonyl (C=O) groups is 2. The van der Waals surface area contributed by atoms with Gasteiger partial charge in [0.2, 0.25) is 0 Å². The molecule has 5 heteroatoms. The fraction of sp³-hybridized carbons (Fsp3) is 0.385. The van der Waals surface area contributed by atoms with Crippen LogP contribution in [0.2, 0.25) is 0 Å². The second kappa shape index (κ2) is 5.44. The lowest BCUT2D eigenvalue weighted by Crippen LogP contribution is -2.32. The van der Waals surface area contributed by atoms with Gasteiger partial charge < -0.3 is 10.2 Å². The summed E-state index contributed by atoms with van der Waals surface area (Å²) in [6, 6.07) is 7.94. The zero-order valence-electron chi connectivity index (χ0n) is 10.5. The Hall–Kier alpha value is -1.49. The zero-order chi connectivity index (χ0) is 13.1. The Morgan fingerprint density at radius 2 is 2.11 bits per heavy atom. The first-order valence-electron chi connectivity index (χ1n) is 5.79. The van der Waals surface area contributed by atoms with Gasteiger partial charge in [-0.05, 0) is 30.9 Å². The highest BCUT2D eigenvalue weighted by Gasteiger charge is 2.29. The Labute approximate surface area is 111 Å². The SMILES string of the molecule is CSc1ccc(C2CN(CC(C)=O)C(=O)N2)cc1. The van der Waals surface area contributed by atoms with Crippen LogP contribution in [0.3, 0.4) is 0 Å². The third-order valence-electron chi connectivity index (χ3n) is 2.92. The summed E-state index contributed by atoms with van der Waals surface area (Å²) >= 11 is 1.69. The minimum absolute atomic E-state index is 0.00327. The van der Waals surface area contributed by atoms with Crippen LogP contribution in [0.1, 0.15) is 18.5 Å². The molecule has 2 amide bonds. The number of carbonyl (C=O) groups excluding carboxylic acids is 2. The molecule has 0 saturated carbocycles. The molecule has 1 saturated heterocycles. The van der Waals surface area contributed by atoms with Crippen LogP contribution in [0.4, 0.5) is 4.79 Å². The standard InChI is InChI=1S/C13H16N2O2S/c1-9(16)7-15-8-12(14-13(15)17)10-3-5-11(18-2)6-4-10/h3-6,12H,7-8H2,1-2H3,(H,14,17). The lowest BCUT2D eigenvalue weighted by Gasteiger charge is -2.12. The molecule has 0 bridgehead atoms. The van der Waals surface area contributed by atoms with Gasteiger partial charge in [-0.2, -0.15) is 0 Å². The average Bonchev–Trinajstić information content (AvgIpc) is 2.70. The number of urea groups is 1. The second-order valence-corrected chi connectivity index (χ2v) is 5.24. The van der Waals surface area contributed by atoms with Gasteiger partial charge in [-0.3, -0.25) is 4.79 Å². The van der Waals surface area contributed by atoms with Crippen LogP contribution in [-0.2, 0) is 4.79 Å². The normalized spacial score (nSPS) is 18.9. The zero-order valence-corrected chi connectivity index (χ0v) is 11.3. The second-order valence-electron chi connectivity index (χ2n) is 4.36. The number of ketones is 1. The molecule has 0 aromatic heterocycles. The first-order valence-corrected chi connectivity index (χ1v) is 7.01. The van der Waals surface area contributed by atoms with Gasteiger partial charge in [0.25, 0.3) is 0 Å². The van der Waals surface area contributed by atoms with Crippen molar-refractivity contribution in [2.45, 2.75) is 17.9 Å². The molecule has 1 aliphatic rings. The highest BCUT2D eigenvalue weighted by atomic mass is 32.2. The van der Waals surface area contributed by atoms with Crippen molar-refractivity contribution >= 4 is 23.6 Å². The van der Waals surface area contributed by atoms with Crippen molar-refractivity contribution < 1.29 is 9.59 Å². The van der Waals surface area contributed by atoms with Gasteiger partial charge in [-0.1, -0.05) is 12.1 Å². The average molecular weight is 264 g/mol. The molecule has 1 N–H and O–H groups in total. The van der Waals surface area contributed by atoms with Gasteiger partial charge in [0.15, 0.2) is 0 Å². The van der Waals surface area contributed by atoms with E-state index in [1.807, 2.05) is 30.5 Å². The number of nitrogens with zero attached hydrogens (tertiary/aromatic N) is 1. The third kappa shape index (κ3) is 2.85. The quantitative estimate of drug-likeness (QED) is 0.847. The molecule has 1 fully saturated rings. The van der Waals surface area contributed by atoms with Crippen LogP contribution < -0.4 is 5.32 Å². The molecule has 1 aromatic rings. The van der Waals surface area contributed by atoms with Crippen LogP contribution >= 0.6 is 11.8 Å². The fourth-order valence-corrected chi connectivity index (χ4v) is 2.43. The smallest absolute Gasteiger partial charge is 0.318 e. The molecule has 1 unspecified atom stereocenters. The molecule has 2 rings (SSSR count). The largest absolute Gasteiger partial charge is 0.329 e. The maximum Gasteiger partial charge on any atom is 0.318 e. The lowest BCUT2D eigenvalue weighted by atomic mass is 10.1. The summed E-state index contributed by atoms with van der Waals surface area (Å²) in [7, 11) is 0. The van der Waals surface area contributed by atoms with E-state index in [0.29, 0.717) is 6.54 Å². The Kier molecular flexibility index (Phi) is 3.91. The molecule has 18 heavy (non-hydrogen) atoms. The molecular formula is C13H16N2O2S. The van der Waals surface area contributed by atoms with Gasteiger partial charge in [0, 0.05) is 11.4 Å². The molecule has 0 aliphatic carbocycles. The monoisotopic (exact) mass is 264 g/mol. The van der Waals surface area contributed by atoms with Crippen LogP contribution in [0, 0.1) is 0 Å². The van der Waals surface area contributed by atoms with E-state index in [0.717, 1.165) is 5.56 Å². The van der Waals surface area contributed by atoms with Crippen molar-refractivity contribution in [1.82, 2.24) is 10.2 Å². The van der Waals surface area contributed by atoms with E-state index < -0.39 is 0 Å². The number of benzene rings is 1. The molecule has 1 aliphatic heterocycles. The summed E-state index contributed by atoms with van der Waals surface area (Å²) in [5.74, 6) is 0.00327. The van der Waals surface area contributed by atoms with E-state index in [9.17, 15) is 9.59 Å². The predicted octanol–water partition coefficient (Wildman–Crippen LogP) is 2.06. The van der Waals surface area contributed by atoms with Crippen LogP contribution in [0.15, 0.2) is 29.2 Å². The Balaban J connectivity index is 2.06. The first kappa shape index (κ1) is 13.0. The fourth-order valence-electron chi connectivity index (χ4n) is 2.02. The maximum atomic E-state index is 11.7. The molecular weight excluding hydrogens is 248 g/mol. The molecule has 4 nitrogen and oxygen atoms in total. The number of rotatable bonds is 4. The number of hydrogen-bond acceptors (Lipinski definition) is 3. The van der Waals surface area contributed by atoms with Crippen molar-refractivity contribution in [2.75, 3.05) is 19.3 Å². The summed E-state index contributed by atoms with van der Waals surface area (Å²) < 4.78 is 0. The van der Waals surface area contributed by atoms with Crippen LogP contribution in [0.25, 0.3) is 0 Å². The number of amides is 2. The first-order chi connectivity index (χ1) is 8.60. The van der Waals surface area contributed by atoms with E-state index in [1.54, 1.807) is 16.7 Å². The van der Waals surface area contributed by atoms with Crippen molar-refractivity contribution in [1.29, 1.82) is 0 Å². The van der Waals surface area contributed by atoms with Gasteiger partial charge in [0.05, 0.1) is 12.6 Å². The molecule has 1 heterocycles. The van der Waals surface area contributed by atoms with Crippen molar-refractivity contribution in [3.63, 3.8) is 0 Å². The highest BCUT2D eigenvalue weighted by Crippen LogP contribution is 2.23. The Morgan fingerprint density at radius 3 is 2.67 bits per heavy atom. The predicted molar refractivity (Wildman–Crippen MR) is 71.7 cm³/mol. The van der Waals surface area contributed by atoms with E-state index in [1.165, 1.54) is 11.8 Å². The van der Waals surface area contributed by atoms with Gasteiger partial charge >= 0.3 is 6.03 Å². The van der Waals surface area contributed by atoms with Crippen molar-refractivity contribution in [2.24, 2.45) is 0 Å². The number of hydrogen-bond donors (Lipinski definition) is 1. The number of nitrogens with one attached hydrogen (secondary N) is 1. The Morgan fingerprint density at radius 1 is 1.44 bits per heavy atom. The van der Waals surface area contributed by atoms with Crippen LogP contribution in [-0.4, -0.2) is 36.1 Å².